The van der Waals surface area contributed by atoms with Crippen molar-refractivity contribution < 1.29 is 0 Å². The van der Waals surface area contributed by atoms with Gasteiger partial charge in [0.25, 0.3) is 0 Å². The highest BCUT2D eigenvalue weighted by Crippen LogP contribution is 2.17. The Hall–Kier alpha value is -1.42. The summed E-state index contributed by atoms with van der Waals surface area (Å²) in [6, 6.07) is 2.03. The maximum atomic E-state index is 5.57. The lowest BCUT2D eigenvalue weighted by atomic mass is 10.2. The van der Waals surface area contributed by atoms with Crippen LogP contribution in [0.4, 0.5) is 0 Å². The summed E-state index contributed by atoms with van der Waals surface area (Å²) in [5.74, 6) is 0.838. The number of fused-ring (bicyclic) bond motifs is 1. The SMILES string of the molecule is CCc1nc(C)nc2ccn(CCN)c12. The minimum absolute atomic E-state index is 0.640. The van der Waals surface area contributed by atoms with Gasteiger partial charge in [-0.3, -0.25) is 0 Å². The topological polar surface area (TPSA) is 56.7 Å². The molecule has 0 aliphatic heterocycles. The second-order valence-corrected chi connectivity index (χ2v) is 3.60. The van der Waals surface area contributed by atoms with E-state index in [1.807, 2.05) is 19.2 Å². The first kappa shape index (κ1) is 10.1. The molecule has 0 radical (unpaired) electrons. The molecule has 0 saturated carbocycles. The van der Waals surface area contributed by atoms with Gasteiger partial charge in [-0.25, -0.2) is 9.97 Å². The van der Waals surface area contributed by atoms with Crippen molar-refractivity contribution in [2.75, 3.05) is 6.54 Å². The first-order valence-corrected chi connectivity index (χ1v) is 5.28. The van der Waals surface area contributed by atoms with Crippen LogP contribution in [0.2, 0.25) is 0 Å². The van der Waals surface area contributed by atoms with E-state index in [4.69, 9.17) is 5.73 Å². The minimum Gasteiger partial charge on any atom is -0.343 e. The van der Waals surface area contributed by atoms with Crippen molar-refractivity contribution in [3.63, 3.8) is 0 Å². The maximum Gasteiger partial charge on any atom is 0.126 e. The van der Waals surface area contributed by atoms with E-state index in [0.29, 0.717) is 6.54 Å². The van der Waals surface area contributed by atoms with E-state index in [1.54, 1.807) is 0 Å². The predicted octanol–water partition coefficient (Wildman–Crippen LogP) is 1.26. The first-order valence-electron chi connectivity index (χ1n) is 5.28. The van der Waals surface area contributed by atoms with Crippen molar-refractivity contribution in [3.05, 3.63) is 23.8 Å². The van der Waals surface area contributed by atoms with Gasteiger partial charge in [-0.15, -0.1) is 0 Å². The Kier molecular flexibility index (Phi) is 2.68. The zero-order valence-electron chi connectivity index (χ0n) is 9.20. The lowest BCUT2D eigenvalue weighted by Gasteiger charge is -2.06. The summed E-state index contributed by atoms with van der Waals surface area (Å²) in [5.41, 5.74) is 8.83. The van der Waals surface area contributed by atoms with E-state index < -0.39 is 0 Å². The third kappa shape index (κ3) is 1.72. The van der Waals surface area contributed by atoms with Crippen molar-refractivity contribution in [1.82, 2.24) is 14.5 Å². The van der Waals surface area contributed by atoms with Crippen LogP contribution in [0.3, 0.4) is 0 Å². The van der Waals surface area contributed by atoms with Gasteiger partial charge in [0.1, 0.15) is 5.82 Å². The molecule has 0 unspecified atom stereocenters. The summed E-state index contributed by atoms with van der Waals surface area (Å²) in [6.45, 7) is 5.50. The van der Waals surface area contributed by atoms with Gasteiger partial charge in [0.15, 0.2) is 0 Å². The molecule has 0 aliphatic rings. The summed E-state index contributed by atoms with van der Waals surface area (Å²) in [7, 11) is 0. The Labute approximate surface area is 89.1 Å². The number of aryl methyl sites for hydroxylation is 2. The van der Waals surface area contributed by atoms with Crippen LogP contribution in [0.15, 0.2) is 12.3 Å². The van der Waals surface area contributed by atoms with E-state index in [9.17, 15) is 0 Å². The van der Waals surface area contributed by atoms with Crippen LogP contribution in [0.25, 0.3) is 11.0 Å². The van der Waals surface area contributed by atoms with Crippen LogP contribution in [-0.4, -0.2) is 21.1 Å². The van der Waals surface area contributed by atoms with Crippen molar-refractivity contribution >= 4 is 11.0 Å². The molecule has 15 heavy (non-hydrogen) atoms. The second-order valence-electron chi connectivity index (χ2n) is 3.60. The maximum absolute atomic E-state index is 5.57. The molecule has 80 valence electrons. The molecule has 2 aromatic rings. The summed E-state index contributed by atoms with van der Waals surface area (Å²) in [5, 5.41) is 0. The molecule has 0 aromatic carbocycles. The lowest BCUT2D eigenvalue weighted by molar-refractivity contribution is 0.729. The van der Waals surface area contributed by atoms with Crippen molar-refractivity contribution in [1.29, 1.82) is 0 Å². The van der Waals surface area contributed by atoms with Crippen LogP contribution < -0.4 is 5.73 Å². The molecular weight excluding hydrogens is 188 g/mol. The van der Waals surface area contributed by atoms with E-state index in [0.717, 1.165) is 35.5 Å². The highest BCUT2D eigenvalue weighted by Gasteiger charge is 2.08. The quantitative estimate of drug-likeness (QED) is 0.819. The summed E-state index contributed by atoms with van der Waals surface area (Å²) < 4.78 is 2.13. The predicted molar refractivity (Wildman–Crippen MR) is 60.7 cm³/mol. The normalized spacial score (nSPS) is 11.1. The largest absolute Gasteiger partial charge is 0.343 e. The van der Waals surface area contributed by atoms with Crippen LogP contribution in [0, 0.1) is 6.92 Å². The van der Waals surface area contributed by atoms with E-state index in [2.05, 4.69) is 21.5 Å². The molecule has 4 heteroatoms. The third-order valence-corrected chi connectivity index (χ3v) is 2.50. The highest BCUT2D eigenvalue weighted by atomic mass is 15.0. The summed E-state index contributed by atoms with van der Waals surface area (Å²) in [4.78, 5) is 8.88. The van der Waals surface area contributed by atoms with E-state index in [-0.39, 0.29) is 0 Å². The molecule has 4 nitrogen and oxygen atoms in total. The van der Waals surface area contributed by atoms with Crippen LogP contribution in [0.1, 0.15) is 18.4 Å². The number of hydrogen-bond acceptors (Lipinski definition) is 3. The minimum atomic E-state index is 0.640. The van der Waals surface area contributed by atoms with Gasteiger partial charge < -0.3 is 10.3 Å². The summed E-state index contributed by atoms with van der Waals surface area (Å²) in [6.07, 6.45) is 2.96. The molecule has 0 fully saturated rings. The molecule has 2 aromatic heterocycles. The molecule has 0 aliphatic carbocycles. The van der Waals surface area contributed by atoms with Gasteiger partial charge in [0.05, 0.1) is 16.7 Å². The molecule has 0 spiro atoms. The number of nitrogens with zero attached hydrogens (tertiary/aromatic N) is 3. The van der Waals surface area contributed by atoms with E-state index >= 15 is 0 Å². The Balaban J connectivity index is 2.66. The van der Waals surface area contributed by atoms with Crippen molar-refractivity contribution in [2.45, 2.75) is 26.8 Å². The smallest absolute Gasteiger partial charge is 0.126 e. The zero-order valence-corrected chi connectivity index (χ0v) is 9.20. The molecule has 0 amide bonds. The van der Waals surface area contributed by atoms with Gasteiger partial charge >= 0.3 is 0 Å². The highest BCUT2D eigenvalue weighted by molar-refractivity contribution is 5.78. The molecule has 0 bridgehead atoms. The average molecular weight is 204 g/mol. The van der Waals surface area contributed by atoms with Crippen molar-refractivity contribution in [3.8, 4) is 0 Å². The molecule has 0 saturated heterocycles. The van der Waals surface area contributed by atoms with Gasteiger partial charge in [0, 0.05) is 19.3 Å². The summed E-state index contributed by atoms with van der Waals surface area (Å²) >= 11 is 0. The van der Waals surface area contributed by atoms with Gasteiger partial charge in [-0.2, -0.15) is 0 Å². The number of rotatable bonds is 3. The number of aromatic nitrogens is 3. The Bertz CT molecular complexity index is 473. The molecular formula is C11H16N4. The Morgan fingerprint density at radius 1 is 1.40 bits per heavy atom. The molecule has 2 rings (SSSR count). The van der Waals surface area contributed by atoms with Crippen LogP contribution >= 0.6 is 0 Å². The fourth-order valence-electron chi connectivity index (χ4n) is 1.88. The molecule has 2 heterocycles. The number of nitrogens with two attached hydrogens (primary N) is 1. The standard InChI is InChI=1S/C11H16N4/c1-3-9-11-10(14-8(2)13-9)4-6-15(11)7-5-12/h4,6H,3,5,7,12H2,1-2H3. The fraction of sp³-hybridized carbons (Fsp3) is 0.455. The lowest BCUT2D eigenvalue weighted by Crippen LogP contribution is -2.10. The molecule has 2 N–H and O–H groups in total. The number of hydrogen-bond donors (Lipinski definition) is 1. The van der Waals surface area contributed by atoms with Gasteiger partial charge in [-0.1, -0.05) is 6.92 Å². The van der Waals surface area contributed by atoms with Gasteiger partial charge in [-0.05, 0) is 19.4 Å². The van der Waals surface area contributed by atoms with Gasteiger partial charge in [0.2, 0.25) is 0 Å². The first-order chi connectivity index (χ1) is 7.26. The second kappa shape index (κ2) is 3.98. The van der Waals surface area contributed by atoms with Crippen LogP contribution in [0.5, 0.6) is 0 Å². The Morgan fingerprint density at radius 3 is 2.87 bits per heavy atom. The average Bonchev–Trinajstić information content (AvgIpc) is 2.61. The zero-order chi connectivity index (χ0) is 10.8. The van der Waals surface area contributed by atoms with Crippen molar-refractivity contribution in [2.24, 2.45) is 5.73 Å². The molecule has 0 atom stereocenters. The van der Waals surface area contributed by atoms with Crippen LogP contribution in [-0.2, 0) is 13.0 Å². The monoisotopic (exact) mass is 204 g/mol. The van der Waals surface area contributed by atoms with E-state index in [1.165, 1.54) is 0 Å². The fourth-order valence-corrected chi connectivity index (χ4v) is 1.88. The Morgan fingerprint density at radius 2 is 2.20 bits per heavy atom. The third-order valence-electron chi connectivity index (χ3n) is 2.50.